The van der Waals surface area contributed by atoms with E-state index in [1.165, 1.54) is 6.07 Å². The van der Waals surface area contributed by atoms with Gasteiger partial charge in [-0.05, 0) is 24.3 Å². The van der Waals surface area contributed by atoms with Crippen molar-refractivity contribution >= 4 is 11.9 Å². The molecule has 0 aliphatic carbocycles. The van der Waals surface area contributed by atoms with Gasteiger partial charge in [0.1, 0.15) is 18.2 Å². The molecule has 1 aromatic heterocycles. The van der Waals surface area contributed by atoms with Crippen LogP contribution in [0.3, 0.4) is 0 Å². The molecule has 1 aliphatic rings. The normalized spacial score (nSPS) is 15.5. The summed E-state index contributed by atoms with van der Waals surface area (Å²) in [4.78, 5) is 12.3. The predicted molar refractivity (Wildman–Crippen MR) is 84.6 cm³/mol. The summed E-state index contributed by atoms with van der Waals surface area (Å²) >= 11 is 0. The van der Waals surface area contributed by atoms with Crippen molar-refractivity contribution in [1.29, 1.82) is 0 Å². The molecule has 4 rings (SSSR count). The number of nitrogens with zero attached hydrogens (tertiary/aromatic N) is 2. The minimum absolute atomic E-state index is 0.0103. The maximum Gasteiger partial charge on any atom is 0.322 e. The molecule has 26 heavy (non-hydrogen) atoms. The summed E-state index contributed by atoms with van der Waals surface area (Å²) in [6.07, 6.45) is -0.914. The summed E-state index contributed by atoms with van der Waals surface area (Å²) < 4.78 is 42.9. The number of amides is 1. The molecule has 2 heterocycles. The molecule has 1 amide bonds. The Labute approximate surface area is 145 Å². The number of hydrogen-bond acceptors (Lipinski definition) is 6. The quantitative estimate of drug-likeness (QED) is 0.774. The zero-order valence-electron chi connectivity index (χ0n) is 13.1. The maximum absolute atomic E-state index is 13.7. The third-order valence-corrected chi connectivity index (χ3v) is 3.62. The average Bonchev–Trinajstić information content (AvgIpc) is 3.09. The van der Waals surface area contributed by atoms with Gasteiger partial charge in [0, 0.05) is 6.07 Å². The first kappa shape index (κ1) is 16.0. The highest BCUT2D eigenvalue weighted by Crippen LogP contribution is 2.31. The molecule has 1 atom stereocenters. The second kappa shape index (κ2) is 6.43. The van der Waals surface area contributed by atoms with Crippen molar-refractivity contribution in [3.8, 4) is 23.0 Å². The highest BCUT2D eigenvalue weighted by Gasteiger charge is 2.28. The van der Waals surface area contributed by atoms with Crippen LogP contribution in [0.2, 0.25) is 0 Å². The summed E-state index contributed by atoms with van der Waals surface area (Å²) in [5, 5.41) is 9.66. The number of aromatic nitrogens is 2. The average molecular weight is 359 g/mol. The number of carbonyl (C=O) groups is 1. The number of hydrogen-bond donors (Lipinski definition) is 1. The standard InChI is InChI=1S/C17H11F2N3O4/c18-9-5-6-10(11(19)7-9)16-21-22-17(26-16)20-15(23)14-8-24-12-3-1-2-4-13(12)25-14/h1-7,14H,8H2,(H,20,22,23). The molecule has 0 radical (unpaired) electrons. The SMILES string of the molecule is O=C(Nc1nnc(-c2ccc(F)cc2F)o1)C1COc2ccccc2O1. The van der Waals surface area contributed by atoms with E-state index in [9.17, 15) is 13.6 Å². The van der Waals surface area contributed by atoms with Gasteiger partial charge in [0.25, 0.3) is 11.8 Å². The minimum atomic E-state index is -0.914. The molecular formula is C17H11F2N3O4. The lowest BCUT2D eigenvalue weighted by atomic mass is 10.2. The molecular weight excluding hydrogens is 348 g/mol. The minimum Gasteiger partial charge on any atom is -0.485 e. The number of fused-ring (bicyclic) bond motifs is 1. The lowest BCUT2D eigenvalue weighted by Gasteiger charge is -2.24. The molecule has 7 nitrogen and oxygen atoms in total. The first-order valence-corrected chi connectivity index (χ1v) is 7.58. The van der Waals surface area contributed by atoms with Crippen molar-refractivity contribution in [3.05, 3.63) is 54.1 Å². The van der Waals surface area contributed by atoms with Crippen molar-refractivity contribution < 1.29 is 27.5 Å². The molecule has 0 saturated heterocycles. The van der Waals surface area contributed by atoms with Gasteiger partial charge in [0.15, 0.2) is 11.5 Å². The van der Waals surface area contributed by atoms with E-state index < -0.39 is 23.6 Å². The zero-order chi connectivity index (χ0) is 18.1. The molecule has 1 unspecified atom stereocenters. The lowest BCUT2D eigenvalue weighted by Crippen LogP contribution is -2.40. The molecule has 0 fully saturated rings. The molecule has 132 valence electrons. The van der Waals surface area contributed by atoms with Crippen LogP contribution in [0.4, 0.5) is 14.8 Å². The van der Waals surface area contributed by atoms with E-state index in [2.05, 4.69) is 15.5 Å². The van der Waals surface area contributed by atoms with Crippen LogP contribution in [0.5, 0.6) is 11.5 Å². The number of para-hydroxylation sites is 2. The van der Waals surface area contributed by atoms with E-state index >= 15 is 0 Å². The van der Waals surface area contributed by atoms with Crippen LogP contribution in [-0.4, -0.2) is 28.8 Å². The predicted octanol–water partition coefficient (Wildman–Crippen LogP) is 2.79. The van der Waals surface area contributed by atoms with Crippen molar-refractivity contribution in [3.63, 3.8) is 0 Å². The van der Waals surface area contributed by atoms with E-state index in [-0.39, 0.29) is 24.1 Å². The van der Waals surface area contributed by atoms with Crippen LogP contribution >= 0.6 is 0 Å². The Hall–Kier alpha value is -3.49. The van der Waals surface area contributed by atoms with Crippen LogP contribution in [0.25, 0.3) is 11.5 Å². The summed E-state index contributed by atoms with van der Waals surface area (Å²) in [5.41, 5.74) is -0.0782. The fourth-order valence-electron chi connectivity index (χ4n) is 2.38. The Balaban J connectivity index is 1.47. The van der Waals surface area contributed by atoms with Crippen molar-refractivity contribution in [2.45, 2.75) is 6.10 Å². The first-order chi connectivity index (χ1) is 12.6. The second-order valence-electron chi connectivity index (χ2n) is 5.39. The molecule has 3 aromatic rings. The van der Waals surface area contributed by atoms with E-state index in [1.54, 1.807) is 24.3 Å². The van der Waals surface area contributed by atoms with E-state index in [0.717, 1.165) is 6.07 Å². The smallest absolute Gasteiger partial charge is 0.322 e. The highest BCUT2D eigenvalue weighted by atomic mass is 19.1. The summed E-state index contributed by atoms with van der Waals surface area (Å²) in [6, 6.07) is 9.63. The van der Waals surface area contributed by atoms with Crippen LogP contribution < -0.4 is 14.8 Å². The van der Waals surface area contributed by atoms with Crippen LogP contribution in [0.15, 0.2) is 46.9 Å². The molecule has 0 spiro atoms. The molecule has 9 heteroatoms. The van der Waals surface area contributed by atoms with Crippen LogP contribution in [0, 0.1) is 11.6 Å². The van der Waals surface area contributed by atoms with Gasteiger partial charge < -0.3 is 13.9 Å². The van der Waals surface area contributed by atoms with Gasteiger partial charge in [-0.1, -0.05) is 17.2 Å². The van der Waals surface area contributed by atoms with Crippen LogP contribution in [0.1, 0.15) is 0 Å². The van der Waals surface area contributed by atoms with Gasteiger partial charge in [-0.25, -0.2) is 8.78 Å². The highest BCUT2D eigenvalue weighted by molar-refractivity contribution is 5.93. The van der Waals surface area contributed by atoms with Gasteiger partial charge >= 0.3 is 6.01 Å². The summed E-state index contributed by atoms with van der Waals surface area (Å²) in [5.74, 6) is -1.35. The number of anilines is 1. The molecule has 1 N–H and O–H groups in total. The lowest BCUT2D eigenvalue weighted by molar-refractivity contribution is -0.125. The number of benzene rings is 2. The second-order valence-corrected chi connectivity index (χ2v) is 5.39. The van der Waals surface area contributed by atoms with Crippen LogP contribution in [-0.2, 0) is 4.79 Å². The number of carbonyl (C=O) groups excluding carboxylic acids is 1. The van der Waals surface area contributed by atoms with Crippen molar-refractivity contribution in [2.24, 2.45) is 0 Å². The Morgan fingerprint density at radius 1 is 1.12 bits per heavy atom. The summed E-state index contributed by atoms with van der Waals surface area (Å²) in [7, 11) is 0. The number of ether oxygens (including phenoxy) is 2. The van der Waals surface area contributed by atoms with Gasteiger partial charge in [-0.2, -0.15) is 0 Å². The Morgan fingerprint density at radius 3 is 2.73 bits per heavy atom. The van der Waals surface area contributed by atoms with Gasteiger partial charge in [0.2, 0.25) is 6.10 Å². The maximum atomic E-state index is 13.7. The van der Waals surface area contributed by atoms with Gasteiger partial charge in [-0.15, -0.1) is 5.10 Å². The third kappa shape index (κ3) is 3.06. The van der Waals surface area contributed by atoms with E-state index in [1.807, 2.05) is 0 Å². The number of rotatable bonds is 3. The Morgan fingerprint density at radius 2 is 1.92 bits per heavy atom. The number of halogens is 2. The molecule has 2 aromatic carbocycles. The third-order valence-electron chi connectivity index (χ3n) is 3.62. The largest absolute Gasteiger partial charge is 0.485 e. The topological polar surface area (TPSA) is 86.5 Å². The van der Waals surface area contributed by atoms with E-state index in [4.69, 9.17) is 13.9 Å². The molecule has 0 bridgehead atoms. The van der Waals surface area contributed by atoms with Gasteiger partial charge in [0.05, 0.1) is 5.56 Å². The fraction of sp³-hybridized carbons (Fsp3) is 0.118. The monoisotopic (exact) mass is 359 g/mol. The summed E-state index contributed by atoms with van der Waals surface area (Å²) in [6.45, 7) is 0.0103. The first-order valence-electron chi connectivity index (χ1n) is 7.58. The van der Waals surface area contributed by atoms with Gasteiger partial charge in [-0.3, -0.25) is 10.1 Å². The zero-order valence-corrected chi connectivity index (χ0v) is 13.1. The fourth-order valence-corrected chi connectivity index (χ4v) is 2.38. The molecule has 1 aliphatic heterocycles. The van der Waals surface area contributed by atoms with Crippen molar-refractivity contribution in [1.82, 2.24) is 10.2 Å². The Kier molecular flexibility index (Phi) is 3.96. The van der Waals surface area contributed by atoms with E-state index in [0.29, 0.717) is 17.6 Å². The Bertz CT molecular complexity index is 976. The number of nitrogens with one attached hydrogen (secondary N) is 1. The van der Waals surface area contributed by atoms with Crippen molar-refractivity contribution in [2.75, 3.05) is 11.9 Å². The molecule has 0 saturated carbocycles.